The van der Waals surface area contributed by atoms with Gasteiger partial charge >= 0.3 is 17.9 Å². The van der Waals surface area contributed by atoms with Gasteiger partial charge in [-0.25, -0.2) is 0 Å². The molecule has 6 nitrogen and oxygen atoms in total. The Kier molecular flexibility index (Phi) is 59.1. The van der Waals surface area contributed by atoms with Crippen molar-refractivity contribution in [3.8, 4) is 0 Å². The fourth-order valence-corrected chi connectivity index (χ4v) is 9.91. The summed E-state index contributed by atoms with van der Waals surface area (Å²) in [5, 5.41) is 0. The van der Waals surface area contributed by atoms with Crippen molar-refractivity contribution in [3.63, 3.8) is 0 Å². The minimum absolute atomic E-state index is 0.0631. The molecule has 0 saturated heterocycles. The summed E-state index contributed by atoms with van der Waals surface area (Å²) in [6.07, 6.45) is 71.2. The number of esters is 3. The maximum Gasteiger partial charge on any atom is 0.306 e. The molecule has 0 heterocycles. The van der Waals surface area contributed by atoms with E-state index in [1.165, 1.54) is 270 Å². The molecule has 0 aliphatic carbocycles. The van der Waals surface area contributed by atoms with E-state index in [0.29, 0.717) is 19.3 Å². The third-order valence-corrected chi connectivity index (χ3v) is 14.8. The van der Waals surface area contributed by atoms with Crippen LogP contribution < -0.4 is 0 Å². The van der Waals surface area contributed by atoms with Gasteiger partial charge in [-0.05, 0) is 44.9 Å². The topological polar surface area (TPSA) is 78.9 Å². The minimum Gasteiger partial charge on any atom is -0.462 e. The smallest absolute Gasteiger partial charge is 0.306 e. The van der Waals surface area contributed by atoms with E-state index in [1.54, 1.807) is 0 Å². The van der Waals surface area contributed by atoms with E-state index in [1.807, 2.05) is 0 Å². The average Bonchev–Trinajstić information content (AvgIpc) is 3.37. The van der Waals surface area contributed by atoms with Gasteiger partial charge in [-0.15, -0.1) is 0 Å². The normalized spacial score (nSPS) is 12.0. The monoisotopic (exact) mass is 1000 g/mol. The highest BCUT2D eigenvalue weighted by Crippen LogP contribution is 2.18. The van der Waals surface area contributed by atoms with Crippen molar-refractivity contribution < 1.29 is 28.6 Å². The summed E-state index contributed by atoms with van der Waals surface area (Å²) < 4.78 is 16.8. The predicted octanol–water partition coefficient (Wildman–Crippen LogP) is 21.7. The second kappa shape index (κ2) is 60.7. The Bertz CT molecular complexity index is 1100. The molecule has 0 bridgehead atoms. The summed E-state index contributed by atoms with van der Waals surface area (Å²) >= 11 is 0. The zero-order valence-electron chi connectivity index (χ0n) is 48.3. The Labute approximate surface area is 443 Å². The molecule has 0 rings (SSSR count). The minimum atomic E-state index is -0.761. The van der Waals surface area contributed by atoms with Crippen LogP contribution in [0.25, 0.3) is 0 Å². The van der Waals surface area contributed by atoms with E-state index in [2.05, 4.69) is 32.9 Å². The number of hydrogen-bond acceptors (Lipinski definition) is 6. The van der Waals surface area contributed by atoms with Crippen LogP contribution in [-0.4, -0.2) is 37.2 Å². The number of hydrogen-bond donors (Lipinski definition) is 0. The van der Waals surface area contributed by atoms with Crippen LogP contribution in [0.2, 0.25) is 0 Å². The van der Waals surface area contributed by atoms with Crippen LogP contribution in [-0.2, 0) is 28.6 Å². The molecule has 0 aliphatic rings. The van der Waals surface area contributed by atoms with Crippen molar-refractivity contribution >= 4 is 17.9 Å². The third-order valence-electron chi connectivity index (χ3n) is 14.8. The van der Waals surface area contributed by atoms with Crippen molar-refractivity contribution in [2.75, 3.05) is 13.2 Å². The largest absolute Gasteiger partial charge is 0.462 e. The molecule has 0 aromatic heterocycles. The highest BCUT2D eigenvalue weighted by Gasteiger charge is 2.19. The first-order valence-corrected chi connectivity index (χ1v) is 32.2. The van der Waals surface area contributed by atoms with E-state index in [4.69, 9.17) is 14.2 Å². The lowest BCUT2D eigenvalue weighted by molar-refractivity contribution is -0.167. The third kappa shape index (κ3) is 58.9. The van der Waals surface area contributed by atoms with Crippen LogP contribution in [0, 0.1) is 0 Å². The SMILES string of the molecule is CCCCCCCCCC/C=C\CCCCCCCCCCCCCCCCCCCCCCCC(=O)OCC(COC(=O)CCCCCCCCCC)OC(=O)CCCCCCCCCCCCCC. The average molecular weight is 1000 g/mol. The quantitative estimate of drug-likeness (QED) is 0.0261. The fourth-order valence-electron chi connectivity index (χ4n) is 9.91. The van der Waals surface area contributed by atoms with Crippen molar-refractivity contribution in [1.82, 2.24) is 0 Å². The van der Waals surface area contributed by atoms with Gasteiger partial charge in [0.25, 0.3) is 0 Å². The van der Waals surface area contributed by atoms with Gasteiger partial charge in [0.1, 0.15) is 13.2 Å². The Hall–Kier alpha value is -1.85. The van der Waals surface area contributed by atoms with Gasteiger partial charge in [-0.2, -0.15) is 0 Å². The van der Waals surface area contributed by atoms with Crippen molar-refractivity contribution in [2.24, 2.45) is 0 Å². The molecule has 0 radical (unpaired) electrons. The van der Waals surface area contributed by atoms with Gasteiger partial charge in [0.05, 0.1) is 0 Å². The highest BCUT2D eigenvalue weighted by molar-refractivity contribution is 5.71. The van der Waals surface area contributed by atoms with Crippen LogP contribution in [0.5, 0.6) is 0 Å². The molecular formula is C65H124O6. The molecule has 71 heavy (non-hydrogen) atoms. The van der Waals surface area contributed by atoms with Crippen molar-refractivity contribution in [3.05, 3.63) is 12.2 Å². The van der Waals surface area contributed by atoms with E-state index in [9.17, 15) is 14.4 Å². The van der Waals surface area contributed by atoms with E-state index in [0.717, 1.165) is 57.8 Å². The van der Waals surface area contributed by atoms with Crippen LogP contribution in [0.1, 0.15) is 367 Å². The molecule has 0 amide bonds. The molecule has 0 aromatic carbocycles. The van der Waals surface area contributed by atoms with E-state index >= 15 is 0 Å². The fraction of sp³-hybridized carbons (Fsp3) is 0.923. The Morgan fingerprint density at radius 3 is 0.704 bits per heavy atom. The van der Waals surface area contributed by atoms with E-state index < -0.39 is 6.10 Å². The summed E-state index contributed by atoms with van der Waals surface area (Å²) in [4.78, 5) is 38.0. The summed E-state index contributed by atoms with van der Waals surface area (Å²) in [6, 6.07) is 0. The van der Waals surface area contributed by atoms with Crippen LogP contribution in [0.4, 0.5) is 0 Å². The second-order valence-electron chi connectivity index (χ2n) is 22.0. The number of carbonyl (C=O) groups is 3. The van der Waals surface area contributed by atoms with E-state index in [-0.39, 0.29) is 31.1 Å². The summed E-state index contributed by atoms with van der Waals surface area (Å²) in [7, 11) is 0. The highest BCUT2D eigenvalue weighted by atomic mass is 16.6. The van der Waals surface area contributed by atoms with Gasteiger partial charge in [0.2, 0.25) is 0 Å². The molecule has 0 saturated carbocycles. The molecule has 0 spiro atoms. The number of rotatable bonds is 60. The number of ether oxygens (including phenoxy) is 3. The van der Waals surface area contributed by atoms with Gasteiger partial charge in [-0.1, -0.05) is 315 Å². The van der Waals surface area contributed by atoms with Crippen molar-refractivity contribution in [2.45, 2.75) is 374 Å². The Morgan fingerprint density at radius 1 is 0.268 bits per heavy atom. The maximum atomic E-state index is 12.8. The Morgan fingerprint density at radius 2 is 0.465 bits per heavy atom. The molecule has 420 valence electrons. The number of allylic oxidation sites excluding steroid dienone is 2. The number of carbonyl (C=O) groups excluding carboxylic acids is 3. The molecule has 0 fully saturated rings. The second-order valence-corrected chi connectivity index (χ2v) is 22.0. The summed E-state index contributed by atoms with van der Waals surface area (Å²) in [5.41, 5.74) is 0. The first-order valence-electron chi connectivity index (χ1n) is 32.2. The number of unbranched alkanes of at least 4 members (excludes halogenated alkanes) is 47. The lowest BCUT2D eigenvalue weighted by Gasteiger charge is -2.18. The first-order chi connectivity index (χ1) is 35.0. The maximum absolute atomic E-state index is 12.8. The predicted molar refractivity (Wildman–Crippen MR) is 307 cm³/mol. The molecular weight excluding hydrogens is 877 g/mol. The van der Waals surface area contributed by atoms with Crippen LogP contribution >= 0.6 is 0 Å². The van der Waals surface area contributed by atoms with Gasteiger partial charge in [0.15, 0.2) is 6.10 Å². The lowest BCUT2D eigenvalue weighted by Crippen LogP contribution is -2.30. The lowest BCUT2D eigenvalue weighted by atomic mass is 10.0. The van der Waals surface area contributed by atoms with Crippen LogP contribution in [0.3, 0.4) is 0 Å². The Balaban J connectivity index is 3.91. The van der Waals surface area contributed by atoms with Crippen molar-refractivity contribution in [1.29, 1.82) is 0 Å². The summed E-state index contributed by atoms with van der Waals surface area (Å²) in [5.74, 6) is -0.844. The zero-order valence-corrected chi connectivity index (χ0v) is 48.3. The standard InChI is InChI=1S/C65H124O6/c1-4-7-10-13-16-19-21-23-24-25-26-27-28-29-30-31-32-33-34-35-36-37-38-39-40-41-42-43-45-46-49-52-55-58-64(67)70-61-62(60-69-63(66)57-54-51-48-18-15-12-9-6-3)71-65(68)59-56-53-50-47-44-22-20-17-14-11-8-5-2/h25-26,62H,4-24,27-61H2,1-3H3/b26-25-. The molecule has 0 aromatic rings. The summed E-state index contributed by atoms with van der Waals surface area (Å²) in [6.45, 7) is 6.66. The van der Waals surface area contributed by atoms with Gasteiger partial charge < -0.3 is 14.2 Å². The first kappa shape index (κ1) is 69.2. The van der Waals surface area contributed by atoms with Gasteiger partial charge in [0, 0.05) is 19.3 Å². The molecule has 1 atom stereocenters. The molecule has 0 aliphatic heterocycles. The molecule has 1 unspecified atom stereocenters. The van der Waals surface area contributed by atoms with Crippen LogP contribution in [0.15, 0.2) is 12.2 Å². The molecule has 0 N–H and O–H groups in total. The zero-order chi connectivity index (χ0) is 51.4. The molecule has 6 heteroatoms. The van der Waals surface area contributed by atoms with Gasteiger partial charge in [-0.3, -0.25) is 14.4 Å².